The number of hydrogen-bond acceptors (Lipinski definition) is 4. The van der Waals surface area contributed by atoms with Gasteiger partial charge in [-0.15, -0.1) is 0 Å². The van der Waals surface area contributed by atoms with Crippen LogP contribution in [0.25, 0.3) is 0 Å². The lowest BCUT2D eigenvalue weighted by Gasteiger charge is -2.25. The molecule has 0 aliphatic carbocycles. The Hall–Kier alpha value is -2.09. The summed E-state index contributed by atoms with van der Waals surface area (Å²) >= 11 is 0. The smallest absolute Gasteiger partial charge is 0.308 e. The van der Waals surface area contributed by atoms with E-state index in [0.29, 0.717) is 25.0 Å². The Kier molecular flexibility index (Phi) is 5.31. The Balaban J connectivity index is 3.01. The molecule has 0 bridgehead atoms. The van der Waals surface area contributed by atoms with Gasteiger partial charge < -0.3 is 10.4 Å². The maximum atomic E-state index is 13.8. The van der Waals surface area contributed by atoms with E-state index in [1.165, 1.54) is 0 Å². The summed E-state index contributed by atoms with van der Waals surface area (Å²) < 4.78 is 27.0. The van der Waals surface area contributed by atoms with Crippen molar-refractivity contribution in [3.05, 3.63) is 39.4 Å². The van der Waals surface area contributed by atoms with E-state index in [9.17, 15) is 28.8 Å². The molecule has 1 aromatic carbocycles. The molecule has 0 unspecified atom stereocenters. The number of carbonyl (C=O) groups is 1. The quantitative estimate of drug-likeness (QED) is 0.622. The Morgan fingerprint density at radius 3 is 2.43 bits per heavy atom. The molecular formula is C13H16F2N2O4. The van der Waals surface area contributed by atoms with Gasteiger partial charge in [-0.1, -0.05) is 13.8 Å². The van der Waals surface area contributed by atoms with Gasteiger partial charge in [0.2, 0.25) is 5.82 Å². The molecule has 6 nitrogen and oxygen atoms in total. The van der Waals surface area contributed by atoms with Crippen LogP contribution in [-0.2, 0) is 0 Å². The Bertz CT molecular complexity index is 559. The zero-order valence-corrected chi connectivity index (χ0v) is 11.7. The van der Waals surface area contributed by atoms with Gasteiger partial charge in [0.15, 0.2) is 0 Å². The van der Waals surface area contributed by atoms with Crippen LogP contribution in [0, 0.1) is 21.7 Å². The highest BCUT2D eigenvalue weighted by atomic mass is 19.1. The average Bonchev–Trinajstić information content (AvgIpc) is 2.46. The van der Waals surface area contributed by atoms with Crippen molar-refractivity contribution in [2.45, 2.75) is 32.3 Å². The van der Waals surface area contributed by atoms with Crippen molar-refractivity contribution >= 4 is 11.6 Å². The van der Waals surface area contributed by atoms with Gasteiger partial charge in [-0.3, -0.25) is 14.9 Å². The minimum Gasteiger partial charge on any atom is -0.388 e. The van der Waals surface area contributed by atoms with E-state index in [4.69, 9.17) is 0 Å². The normalized spacial score (nSPS) is 11.3. The zero-order chi connectivity index (χ0) is 16.2. The fourth-order valence-corrected chi connectivity index (χ4v) is 1.71. The lowest BCUT2D eigenvalue weighted by atomic mass is 9.97. The van der Waals surface area contributed by atoms with Gasteiger partial charge in [0.05, 0.1) is 22.2 Å². The molecule has 0 aromatic heterocycles. The van der Waals surface area contributed by atoms with Crippen LogP contribution in [0.1, 0.15) is 37.0 Å². The van der Waals surface area contributed by atoms with Crippen LogP contribution in [0.4, 0.5) is 14.5 Å². The zero-order valence-electron chi connectivity index (χ0n) is 11.7. The highest BCUT2D eigenvalue weighted by Crippen LogP contribution is 2.22. The van der Waals surface area contributed by atoms with Crippen LogP contribution in [0.3, 0.4) is 0 Å². The number of nitrogens with one attached hydrogen (secondary N) is 1. The van der Waals surface area contributed by atoms with Crippen molar-refractivity contribution in [1.29, 1.82) is 0 Å². The van der Waals surface area contributed by atoms with Gasteiger partial charge in [-0.05, 0) is 18.9 Å². The average molecular weight is 302 g/mol. The van der Waals surface area contributed by atoms with Crippen molar-refractivity contribution in [3.63, 3.8) is 0 Å². The maximum absolute atomic E-state index is 13.8. The fraction of sp³-hybridized carbons (Fsp3) is 0.462. The standard InChI is InChI=1S/C13H16F2N2O4/c1-3-13(19,4-2)7-16-12(18)9-5-8(14)6-10(11(9)15)17(20)21/h5-6,19H,3-4,7H2,1-2H3,(H,16,18). The molecule has 0 fully saturated rings. The predicted molar refractivity (Wildman–Crippen MR) is 70.9 cm³/mol. The monoisotopic (exact) mass is 302 g/mol. The molecule has 0 spiro atoms. The van der Waals surface area contributed by atoms with Gasteiger partial charge in [-0.25, -0.2) is 4.39 Å². The number of nitro groups is 1. The first kappa shape index (κ1) is 17.0. The second-order valence-corrected chi connectivity index (χ2v) is 4.66. The third kappa shape index (κ3) is 3.94. The van der Waals surface area contributed by atoms with Crippen LogP contribution in [0.15, 0.2) is 12.1 Å². The van der Waals surface area contributed by atoms with Gasteiger partial charge in [0, 0.05) is 6.54 Å². The molecule has 0 aliphatic heterocycles. The van der Waals surface area contributed by atoms with Crippen molar-refractivity contribution < 1.29 is 23.6 Å². The lowest BCUT2D eigenvalue weighted by Crippen LogP contribution is -2.42. The van der Waals surface area contributed by atoms with Crippen LogP contribution >= 0.6 is 0 Å². The Morgan fingerprint density at radius 2 is 1.95 bits per heavy atom. The number of nitro benzene ring substituents is 1. The van der Waals surface area contributed by atoms with Crippen molar-refractivity contribution in [2.24, 2.45) is 0 Å². The molecule has 1 amide bonds. The molecule has 116 valence electrons. The summed E-state index contributed by atoms with van der Waals surface area (Å²) in [6.45, 7) is 3.26. The summed E-state index contributed by atoms with van der Waals surface area (Å²) in [5, 5.41) is 22.8. The predicted octanol–water partition coefficient (Wildman–Crippen LogP) is 2.15. The highest BCUT2D eigenvalue weighted by molar-refractivity contribution is 5.95. The number of rotatable bonds is 6. The molecule has 0 heterocycles. The number of aliphatic hydroxyl groups is 1. The molecule has 21 heavy (non-hydrogen) atoms. The first-order valence-corrected chi connectivity index (χ1v) is 6.38. The van der Waals surface area contributed by atoms with Crippen LogP contribution in [0.5, 0.6) is 0 Å². The summed E-state index contributed by atoms with van der Waals surface area (Å²) in [6.07, 6.45) is 0.713. The second-order valence-electron chi connectivity index (χ2n) is 4.66. The van der Waals surface area contributed by atoms with E-state index >= 15 is 0 Å². The van der Waals surface area contributed by atoms with Crippen molar-refractivity contribution in [3.8, 4) is 0 Å². The Morgan fingerprint density at radius 1 is 1.38 bits per heavy atom. The lowest BCUT2D eigenvalue weighted by molar-refractivity contribution is -0.387. The van der Waals surface area contributed by atoms with Gasteiger partial charge in [-0.2, -0.15) is 4.39 Å². The SMILES string of the molecule is CCC(O)(CC)CNC(=O)c1cc(F)cc([N+](=O)[O-])c1F. The summed E-state index contributed by atoms with van der Waals surface area (Å²) in [6, 6.07) is 0.981. The molecule has 2 N–H and O–H groups in total. The summed E-state index contributed by atoms with van der Waals surface area (Å²) in [4.78, 5) is 21.3. The third-order valence-corrected chi connectivity index (χ3v) is 3.35. The molecule has 1 aromatic rings. The van der Waals surface area contributed by atoms with Crippen LogP contribution in [0.2, 0.25) is 0 Å². The van der Waals surface area contributed by atoms with E-state index in [0.717, 1.165) is 0 Å². The minimum atomic E-state index is -1.41. The third-order valence-electron chi connectivity index (χ3n) is 3.35. The highest BCUT2D eigenvalue weighted by Gasteiger charge is 2.27. The number of carbonyl (C=O) groups excluding carboxylic acids is 1. The van der Waals surface area contributed by atoms with E-state index in [1.807, 2.05) is 0 Å². The molecule has 0 atom stereocenters. The number of benzene rings is 1. The van der Waals surface area contributed by atoms with E-state index in [2.05, 4.69) is 5.32 Å². The van der Waals surface area contributed by atoms with E-state index in [-0.39, 0.29) is 6.54 Å². The minimum absolute atomic E-state index is 0.164. The van der Waals surface area contributed by atoms with E-state index < -0.39 is 39.3 Å². The van der Waals surface area contributed by atoms with Gasteiger partial charge >= 0.3 is 5.69 Å². The maximum Gasteiger partial charge on any atom is 0.308 e. The largest absolute Gasteiger partial charge is 0.388 e. The molecule has 0 saturated heterocycles. The number of hydrogen-bond donors (Lipinski definition) is 2. The summed E-state index contributed by atoms with van der Waals surface area (Å²) in [7, 11) is 0. The van der Waals surface area contributed by atoms with Crippen LogP contribution in [-0.4, -0.2) is 28.1 Å². The number of amides is 1. The molecule has 0 radical (unpaired) electrons. The first-order chi connectivity index (χ1) is 9.74. The summed E-state index contributed by atoms with van der Waals surface area (Å²) in [5.74, 6) is -3.51. The van der Waals surface area contributed by atoms with Crippen molar-refractivity contribution in [1.82, 2.24) is 5.32 Å². The molecular weight excluding hydrogens is 286 g/mol. The van der Waals surface area contributed by atoms with Gasteiger partial charge in [0.1, 0.15) is 5.82 Å². The van der Waals surface area contributed by atoms with Gasteiger partial charge in [0.25, 0.3) is 5.91 Å². The molecule has 8 heteroatoms. The topological polar surface area (TPSA) is 92.5 Å². The fourth-order valence-electron chi connectivity index (χ4n) is 1.71. The van der Waals surface area contributed by atoms with Crippen molar-refractivity contribution in [2.75, 3.05) is 6.54 Å². The second kappa shape index (κ2) is 6.57. The first-order valence-electron chi connectivity index (χ1n) is 6.38. The van der Waals surface area contributed by atoms with Crippen LogP contribution < -0.4 is 5.32 Å². The molecule has 0 saturated carbocycles. The molecule has 0 aliphatic rings. The number of halogens is 2. The number of nitrogens with zero attached hydrogens (tertiary/aromatic N) is 1. The van der Waals surface area contributed by atoms with E-state index in [1.54, 1.807) is 13.8 Å². The Labute approximate surface area is 119 Å². The summed E-state index contributed by atoms with van der Waals surface area (Å²) in [5.41, 5.74) is -3.04. The molecule has 1 rings (SSSR count).